The van der Waals surface area contributed by atoms with Gasteiger partial charge in [-0.2, -0.15) is 0 Å². The molecule has 5 heteroatoms. The highest BCUT2D eigenvalue weighted by atomic mass is 16.5. The Morgan fingerprint density at radius 2 is 2.08 bits per heavy atom. The summed E-state index contributed by atoms with van der Waals surface area (Å²) in [6, 6.07) is 2.09. The van der Waals surface area contributed by atoms with Gasteiger partial charge in [-0.05, 0) is 42.9 Å². The number of nitrogens with zero attached hydrogens (tertiary/aromatic N) is 2. The standard InChI is InChI=1S/C19H29N3O2/c1-4-19(2,3)18(23)21-17-12-14(13-22-8-10-24-11-9-22)15-6-5-7-16(15)20-17/h12H,4-11,13H2,1-3H3,(H,20,21,23). The second-order valence-corrected chi connectivity index (χ2v) is 7.53. The Labute approximate surface area is 144 Å². The van der Waals surface area contributed by atoms with Gasteiger partial charge in [0.15, 0.2) is 0 Å². The molecule has 132 valence electrons. The summed E-state index contributed by atoms with van der Waals surface area (Å²) >= 11 is 0. The van der Waals surface area contributed by atoms with Gasteiger partial charge in [0.05, 0.1) is 13.2 Å². The molecule has 1 fully saturated rings. The van der Waals surface area contributed by atoms with Crippen molar-refractivity contribution < 1.29 is 9.53 Å². The van der Waals surface area contributed by atoms with Crippen molar-refractivity contribution in [2.24, 2.45) is 5.41 Å². The molecule has 0 aromatic carbocycles. The molecule has 0 saturated carbocycles. The van der Waals surface area contributed by atoms with Crippen molar-refractivity contribution in [2.45, 2.75) is 53.0 Å². The molecule has 1 saturated heterocycles. The van der Waals surface area contributed by atoms with E-state index in [4.69, 9.17) is 9.72 Å². The van der Waals surface area contributed by atoms with Crippen molar-refractivity contribution in [3.8, 4) is 0 Å². The molecule has 0 atom stereocenters. The number of morpholine rings is 1. The molecular weight excluding hydrogens is 302 g/mol. The first-order valence-electron chi connectivity index (χ1n) is 9.13. The summed E-state index contributed by atoms with van der Waals surface area (Å²) in [6.45, 7) is 10.5. The number of aryl methyl sites for hydroxylation is 1. The van der Waals surface area contributed by atoms with Crippen molar-refractivity contribution >= 4 is 11.7 Å². The minimum absolute atomic E-state index is 0.0489. The molecule has 1 aliphatic heterocycles. The molecular formula is C19H29N3O2. The summed E-state index contributed by atoms with van der Waals surface area (Å²) < 4.78 is 5.45. The predicted molar refractivity (Wildman–Crippen MR) is 95.1 cm³/mol. The first-order chi connectivity index (χ1) is 11.5. The SMILES string of the molecule is CCC(C)(C)C(=O)Nc1cc(CN2CCOCC2)c2c(n1)CCC2. The van der Waals surface area contributed by atoms with Gasteiger partial charge in [-0.15, -0.1) is 0 Å². The van der Waals surface area contributed by atoms with E-state index in [1.54, 1.807) is 0 Å². The third-order valence-corrected chi connectivity index (χ3v) is 5.38. The summed E-state index contributed by atoms with van der Waals surface area (Å²) in [7, 11) is 0. The lowest BCUT2D eigenvalue weighted by atomic mass is 9.89. The van der Waals surface area contributed by atoms with Crippen LogP contribution in [0.25, 0.3) is 0 Å². The molecule has 2 aliphatic rings. The minimum Gasteiger partial charge on any atom is -0.379 e. The number of carbonyl (C=O) groups excluding carboxylic acids is 1. The van der Waals surface area contributed by atoms with Crippen molar-refractivity contribution in [1.82, 2.24) is 9.88 Å². The highest BCUT2D eigenvalue weighted by molar-refractivity contribution is 5.94. The van der Waals surface area contributed by atoms with Gasteiger partial charge >= 0.3 is 0 Å². The lowest BCUT2D eigenvalue weighted by molar-refractivity contribution is -0.124. The quantitative estimate of drug-likeness (QED) is 0.901. The Bertz CT molecular complexity index is 607. The Balaban J connectivity index is 1.80. The fourth-order valence-corrected chi connectivity index (χ4v) is 3.28. The molecule has 2 heterocycles. The number of amides is 1. The molecule has 0 bridgehead atoms. The molecule has 1 aromatic rings. The Hall–Kier alpha value is -1.46. The summed E-state index contributed by atoms with van der Waals surface area (Å²) in [4.78, 5) is 19.6. The van der Waals surface area contributed by atoms with Crippen LogP contribution < -0.4 is 5.32 Å². The number of aromatic nitrogens is 1. The smallest absolute Gasteiger partial charge is 0.231 e. The molecule has 5 nitrogen and oxygen atoms in total. The van der Waals surface area contributed by atoms with Crippen LogP contribution in [0.15, 0.2) is 6.07 Å². The zero-order valence-electron chi connectivity index (χ0n) is 15.2. The van der Waals surface area contributed by atoms with Crippen LogP contribution in [0.1, 0.15) is 50.4 Å². The molecule has 1 N–H and O–H groups in total. The molecule has 1 amide bonds. The normalized spacial score (nSPS) is 18.5. The Morgan fingerprint density at radius 1 is 1.33 bits per heavy atom. The van der Waals surface area contributed by atoms with Gasteiger partial charge in [0.1, 0.15) is 5.82 Å². The monoisotopic (exact) mass is 331 g/mol. The van der Waals surface area contributed by atoms with Gasteiger partial charge in [-0.1, -0.05) is 20.8 Å². The number of hydrogen-bond donors (Lipinski definition) is 1. The maximum absolute atomic E-state index is 12.5. The van der Waals surface area contributed by atoms with Crippen LogP contribution in [0.5, 0.6) is 0 Å². The fraction of sp³-hybridized carbons (Fsp3) is 0.684. The molecule has 3 rings (SSSR count). The van der Waals surface area contributed by atoms with Gasteiger partial charge in [0, 0.05) is 30.7 Å². The topological polar surface area (TPSA) is 54.5 Å². The predicted octanol–water partition coefficient (Wildman–Crippen LogP) is 2.78. The highest BCUT2D eigenvalue weighted by Gasteiger charge is 2.27. The summed E-state index contributed by atoms with van der Waals surface area (Å²) in [5.74, 6) is 0.762. The minimum atomic E-state index is -0.370. The number of ether oxygens (including phenoxy) is 1. The van der Waals surface area contributed by atoms with Crippen LogP contribution in [-0.4, -0.2) is 42.1 Å². The zero-order chi connectivity index (χ0) is 17.2. The zero-order valence-corrected chi connectivity index (χ0v) is 15.2. The molecule has 1 aromatic heterocycles. The summed E-state index contributed by atoms with van der Waals surface area (Å²) in [5, 5.41) is 3.05. The van der Waals surface area contributed by atoms with E-state index in [1.165, 1.54) is 16.8 Å². The number of fused-ring (bicyclic) bond motifs is 1. The van der Waals surface area contributed by atoms with Crippen LogP contribution in [0.4, 0.5) is 5.82 Å². The summed E-state index contributed by atoms with van der Waals surface area (Å²) in [6.07, 6.45) is 4.10. The maximum atomic E-state index is 12.5. The van der Waals surface area contributed by atoms with Crippen molar-refractivity contribution in [1.29, 1.82) is 0 Å². The molecule has 0 radical (unpaired) electrons. The fourth-order valence-electron chi connectivity index (χ4n) is 3.28. The van der Waals surface area contributed by atoms with Gasteiger partial charge < -0.3 is 10.1 Å². The molecule has 24 heavy (non-hydrogen) atoms. The third-order valence-electron chi connectivity index (χ3n) is 5.38. The summed E-state index contributed by atoms with van der Waals surface area (Å²) in [5.41, 5.74) is 3.52. The second kappa shape index (κ2) is 7.19. The first-order valence-corrected chi connectivity index (χ1v) is 9.13. The van der Waals surface area contributed by atoms with Crippen LogP contribution in [0, 0.1) is 5.41 Å². The van der Waals surface area contributed by atoms with E-state index in [2.05, 4.69) is 16.3 Å². The van der Waals surface area contributed by atoms with E-state index in [0.29, 0.717) is 5.82 Å². The van der Waals surface area contributed by atoms with E-state index in [0.717, 1.165) is 58.5 Å². The van der Waals surface area contributed by atoms with Gasteiger partial charge in [0.25, 0.3) is 0 Å². The second-order valence-electron chi connectivity index (χ2n) is 7.53. The van der Waals surface area contributed by atoms with Gasteiger partial charge in [0.2, 0.25) is 5.91 Å². The van der Waals surface area contributed by atoms with Gasteiger partial charge in [-0.25, -0.2) is 4.98 Å². The highest BCUT2D eigenvalue weighted by Crippen LogP contribution is 2.29. The number of nitrogens with one attached hydrogen (secondary N) is 1. The van der Waals surface area contributed by atoms with Crippen molar-refractivity contribution in [3.05, 3.63) is 22.9 Å². The number of hydrogen-bond acceptors (Lipinski definition) is 4. The third kappa shape index (κ3) is 3.78. The van der Waals surface area contributed by atoms with Crippen LogP contribution >= 0.6 is 0 Å². The lowest BCUT2D eigenvalue weighted by Crippen LogP contribution is -2.36. The average Bonchev–Trinajstić information content (AvgIpc) is 3.04. The first kappa shape index (κ1) is 17.4. The maximum Gasteiger partial charge on any atom is 0.231 e. The van der Waals surface area contributed by atoms with E-state index in [9.17, 15) is 4.79 Å². The molecule has 0 spiro atoms. The van der Waals surface area contributed by atoms with Crippen LogP contribution in [0.2, 0.25) is 0 Å². The van der Waals surface area contributed by atoms with E-state index >= 15 is 0 Å². The van der Waals surface area contributed by atoms with Crippen molar-refractivity contribution in [2.75, 3.05) is 31.6 Å². The lowest BCUT2D eigenvalue weighted by Gasteiger charge is -2.28. The number of anilines is 1. The van der Waals surface area contributed by atoms with E-state index in [-0.39, 0.29) is 11.3 Å². The van der Waals surface area contributed by atoms with Crippen molar-refractivity contribution in [3.63, 3.8) is 0 Å². The number of rotatable bonds is 5. The van der Waals surface area contributed by atoms with E-state index in [1.807, 2.05) is 20.8 Å². The largest absolute Gasteiger partial charge is 0.379 e. The molecule has 1 aliphatic carbocycles. The Morgan fingerprint density at radius 3 is 2.79 bits per heavy atom. The average molecular weight is 331 g/mol. The molecule has 0 unspecified atom stereocenters. The number of pyridine rings is 1. The Kier molecular flexibility index (Phi) is 5.21. The van der Waals surface area contributed by atoms with Gasteiger partial charge in [-0.3, -0.25) is 9.69 Å². The van der Waals surface area contributed by atoms with E-state index < -0.39 is 0 Å². The van der Waals surface area contributed by atoms with Crippen LogP contribution in [-0.2, 0) is 28.9 Å². The number of carbonyl (C=O) groups is 1. The van der Waals surface area contributed by atoms with Crippen LogP contribution in [0.3, 0.4) is 0 Å².